The van der Waals surface area contributed by atoms with Gasteiger partial charge in [-0.05, 0) is 48.4 Å². The molecule has 0 radical (unpaired) electrons. The van der Waals surface area contributed by atoms with Crippen molar-refractivity contribution in [3.05, 3.63) is 52.5 Å². The lowest BCUT2D eigenvalue weighted by atomic mass is 10.1. The highest BCUT2D eigenvalue weighted by Crippen LogP contribution is 2.35. The van der Waals surface area contributed by atoms with Gasteiger partial charge in [-0.3, -0.25) is 4.79 Å². The van der Waals surface area contributed by atoms with E-state index in [1.807, 2.05) is 0 Å². The third-order valence-corrected chi connectivity index (χ3v) is 4.59. The molecule has 0 amide bonds. The van der Waals surface area contributed by atoms with Crippen LogP contribution in [-0.4, -0.2) is 19.9 Å². The first kappa shape index (κ1) is 16.8. The molecule has 22 heavy (non-hydrogen) atoms. The summed E-state index contributed by atoms with van der Waals surface area (Å²) in [5.41, 5.74) is 0.628. The standard InChI is InChI=1S/C15H12Cl2O4S/c1-9-7-13(21-12-6-4-3-5-11(12)16)14(22(2,19)20)8-10(9)15(17)18/h3-8H,1-2H3. The van der Waals surface area contributed by atoms with Crippen LogP contribution in [0.2, 0.25) is 5.02 Å². The van der Waals surface area contributed by atoms with E-state index in [4.69, 9.17) is 27.9 Å². The molecule has 0 aliphatic carbocycles. The zero-order valence-corrected chi connectivity index (χ0v) is 14.1. The number of rotatable bonds is 4. The van der Waals surface area contributed by atoms with Gasteiger partial charge in [-0.2, -0.15) is 0 Å². The molecule has 2 rings (SSSR count). The Bertz CT molecular complexity index is 845. The SMILES string of the molecule is Cc1cc(Oc2ccccc2Cl)c(S(C)(=O)=O)cc1C(=O)Cl. The summed E-state index contributed by atoms with van der Waals surface area (Å²) in [5, 5.41) is -0.385. The molecule has 0 fully saturated rings. The molecule has 0 aromatic heterocycles. The summed E-state index contributed by atoms with van der Waals surface area (Å²) in [5.74, 6) is 0.410. The number of benzene rings is 2. The van der Waals surface area contributed by atoms with Gasteiger partial charge in [0.25, 0.3) is 5.24 Å². The third kappa shape index (κ3) is 3.61. The molecular formula is C15H12Cl2O4S. The van der Waals surface area contributed by atoms with Crippen molar-refractivity contribution in [2.45, 2.75) is 11.8 Å². The van der Waals surface area contributed by atoms with E-state index in [0.717, 1.165) is 6.26 Å². The maximum atomic E-state index is 11.9. The zero-order chi connectivity index (χ0) is 16.5. The molecular weight excluding hydrogens is 347 g/mol. The Balaban J connectivity index is 2.63. The molecule has 0 bridgehead atoms. The maximum Gasteiger partial charge on any atom is 0.252 e. The molecule has 2 aromatic carbocycles. The molecule has 0 atom stereocenters. The van der Waals surface area contributed by atoms with E-state index >= 15 is 0 Å². The van der Waals surface area contributed by atoms with Crippen molar-refractivity contribution < 1.29 is 17.9 Å². The molecule has 0 unspecified atom stereocenters. The van der Waals surface area contributed by atoms with E-state index in [0.29, 0.717) is 16.3 Å². The van der Waals surface area contributed by atoms with Gasteiger partial charge in [0, 0.05) is 11.8 Å². The van der Waals surface area contributed by atoms with Gasteiger partial charge in [-0.25, -0.2) is 8.42 Å². The fourth-order valence-electron chi connectivity index (χ4n) is 1.89. The number of para-hydroxylation sites is 1. The second-order valence-electron chi connectivity index (χ2n) is 4.69. The summed E-state index contributed by atoms with van der Waals surface area (Å²) < 4.78 is 29.5. The Morgan fingerprint density at radius 1 is 1.14 bits per heavy atom. The molecule has 4 nitrogen and oxygen atoms in total. The van der Waals surface area contributed by atoms with Crippen LogP contribution in [0.3, 0.4) is 0 Å². The minimum atomic E-state index is -3.62. The Kier molecular flexibility index (Phi) is 4.80. The first-order valence-corrected chi connectivity index (χ1v) is 8.82. The van der Waals surface area contributed by atoms with Crippen molar-refractivity contribution in [3.8, 4) is 11.5 Å². The van der Waals surface area contributed by atoms with Crippen molar-refractivity contribution in [1.82, 2.24) is 0 Å². The Morgan fingerprint density at radius 3 is 2.32 bits per heavy atom. The number of halogens is 2. The third-order valence-electron chi connectivity index (χ3n) is 2.96. The van der Waals surface area contributed by atoms with E-state index in [-0.39, 0.29) is 16.2 Å². The quantitative estimate of drug-likeness (QED) is 0.767. The van der Waals surface area contributed by atoms with Crippen LogP contribution in [0.4, 0.5) is 0 Å². The van der Waals surface area contributed by atoms with Crippen molar-refractivity contribution in [3.63, 3.8) is 0 Å². The summed E-state index contributed by atoms with van der Waals surface area (Å²) in [7, 11) is -3.62. The predicted molar refractivity (Wildman–Crippen MR) is 86.0 cm³/mol. The van der Waals surface area contributed by atoms with Gasteiger partial charge in [-0.15, -0.1) is 0 Å². The van der Waals surface area contributed by atoms with Crippen LogP contribution in [0.1, 0.15) is 15.9 Å². The van der Waals surface area contributed by atoms with Gasteiger partial charge in [0.2, 0.25) is 0 Å². The highest BCUT2D eigenvalue weighted by atomic mass is 35.5. The summed E-state index contributed by atoms with van der Waals surface area (Å²) in [6, 6.07) is 9.35. The smallest absolute Gasteiger partial charge is 0.252 e. The van der Waals surface area contributed by atoms with Crippen molar-refractivity contribution in [1.29, 1.82) is 0 Å². The van der Waals surface area contributed by atoms with Crippen LogP contribution in [0.25, 0.3) is 0 Å². The van der Waals surface area contributed by atoms with E-state index < -0.39 is 15.1 Å². The van der Waals surface area contributed by atoms with E-state index in [2.05, 4.69) is 0 Å². The molecule has 7 heteroatoms. The average molecular weight is 359 g/mol. The van der Waals surface area contributed by atoms with Crippen LogP contribution < -0.4 is 4.74 Å². The van der Waals surface area contributed by atoms with Crippen molar-refractivity contribution in [2.24, 2.45) is 0 Å². The van der Waals surface area contributed by atoms with Crippen LogP contribution in [0, 0.1) is 6.92 Å². The average Bonchev–Trinajstić information content (AvgIpc) is 2.39. The summed E-state index contributed by atoms with van der Waals surface area (Å²) in [6.07, 6.45) is 1.03. The molecule has 0 N–H and O–H groups in total. The second kappa shape index (κ2) is 6.28. The van der Waals surface area contributed by atoms with Crippen LogP contribution in [0.15, 0.2) is 41.3 Å². The molecule has 2 aromatic rings. The fourth-order valence-corrected chi connectivity index (χ4v) is 3.06. The van der Waals surface area contributed by atoms with E-state index in [1.54, 1.807) is 31.2 Å². The lowest BCUT2D eigenvalue weighted by Crippen LogP contribution is -2.04. The Morgan fingerprint density at radius 2 is 1.77 bits per heavy atom. The maximum absolute atomic E-state index is 11.9. The van der Waals surface area contributed by atoms with Crippen LogP contribution in [0.5, 0.6) is 11.5 Å². The van der Waals surface area contributed by atoms with E-state index in [1.165, 1.54) is 12.1 Å². The Labute approximate surface area is 138 Å². The molecule has 116 valence electrons. The summed E-state index contributed by atoms with van der Waals surface area (Å²) >= 11 is 11.5. The molecule has 0 aliphatic rings. The summed E-state index contributed by atoms with van der Waals surface area (Å²) in [4.78, 5) is 11.3. The second-order valence-corrected chi connectivity index (χ2v) is 7.43. The minimum Gasteiger partial charge on any atom is -0.454 e. The first-order valence-electron chi connectivity index (χ1n) is 6.17. The van der Waals surface area contributed by atoms with Gasteiger partial charge in [0.1, 0.15) is 16.4 Å². The topological polar surface area (TPSA) is 60.4 Å². The van der Waals surface area contributed by atoms with Gasteiger partial charge in [-0.1, -0.05) is 23.7 Å². The highest BCUT2D eigenvalue weighted by molar-refractivity contribution is 7.90. The van der Waals surface area contributed by atoms with Crippen molar-refractivity contribution >= 4 is 38.3 Å². The number of ether oxygens (including phenoxy) is 1. The monoisotopic (exact) mass is 358 g/mol. The first-order chi connectivity index (χ1) is 10.2. The number of hydrogen-bond acceptors (Lipinski definition) is 4. The lowest BCUT2D eigenvalue weighted by molar-refractivity contribution is 0.108. The van der Waals surface area contributed by atoms with Gasteiger partial charge < -0.3 is 4.74 Å². The number of carbonyl (C=O) groups excluding carboxylic acids is 1. The van der Waals surface area contributed by atoms with Gasteiger partial charge in [0.05, 0.1) is 5.02 Å². The minimum absolute atomic E-state index is 0.0924. The fraction of sp³-hybridized carbons (Fsp3) is 0.133. The van der Waals surface area contributed by atoms with Gasteiger partial charge in [0.15, 0.2) is 9.84 Å². The van der Waals surface area contributed by atoms with E-state index in [9.17, 15) is 13.2 Å². The molecule has 0 saturated heterocycles. The molecule has 0 saturated carbocycles. The normalized spacial score (nSPS) is 11.3. The summed E-state index contributed by atoms with van der Waals surface area (Å²) in [6.45, 7) is 1.64. The molecule has 0 aliphatic heterocycles. The van der Waals surface area contributed by atoms with Crippen LogP contribution in [-0.2, 0) is 9.84 Å². The zero-order valence-electron chi connectivity index (χ0n) is 11.8. The molecule has 0 heterocycles. The Hall–Kier alpha value is -1.56. The van der Waals surface area contributed by atoms with Crippen LogP contribution >= 0.6 is 23.2 Å². The number of hydrogen-bond donors (Lipinski definition) is 0. The predicted octanol–water partition coefficient (Wildman–Crippen LogP) is 4.22. The van der Waals surface area contributed by atoms with Crippen molar-refractivity contribution in [2.75, 3.05) is 6.26 Å². The van der Waals surface area contributed by atoms with Gasteiger partial charge >= 0.3 is 0 Å². The highest BCUT2D eigenvalue weighted by Gasteiger charge is 2.20. The lowest BCUT2D eigenvalue weighted by Gasteiger charge is -2.13. The molecule has 0 spiro atoms. The number of carbonyl (C=O) groups is 1. The number of aryl methyl sites for hydroxylation is 1. The number of sulfone groups is 1. The largest absolute Gasteiger partial charge is 0.454 e.